The summed E-state index contributed by atoms with van der Waals surface area (Å²) in [5.41, 5.74) is 0.622. The van der Waals surface area contributed by atoms with Gasteiger partial charge in [-0.05, 0) is 12.5 Å². The summed E-state index contributed by atoms with van der Waals surface area (Å²) in [5.74, 6) is 0.804. The third-order valence-electron chi connectivity index (χ3n) is 3.34. The van der Waals surface area contributed by atoms with E-state index in [0.29, 0.717) is 0 Å². The Morgan fingerprint density at radius 2 is 1.89 bits per heavy atom. The van der Waals surface area contributed by atoms with Crippen molar-refractivity contribution in [2.45, 2.75) is 39.3 Å². The van der Waals surface area contributed by atoms with Gasteiger partial charge in [0, 0.05) is 5.41 Å². The summed E-state index contributed by atoms with van der Waals surface area (Å²) in [6, 6.07) is 10.2. The summed E-state index contributed by atoms with van der Waals surface area (Å²) in [6.45, 7) is 12.3. The van der Waals surface area contributed by atoms with Gasteiger partial charge in [0.05, 0.1) is 0 Å². The zero-order valence-corrected chi connectivity index (χ0v) is 11.6. The molecule has 0 radical (unpaired) electrons. The molecular formula is C16H21NO. The van der Waals surface area contributed by atoms with E-state index in [-0.39, 0.29) is 11.5 Å². The second kappa shape index (κ2) is 4.27. The molecule has 1 aliphatic rings. The first kappa shape index (κ1) is 12.9. The Morgan fingerprint density at radius 3 is 2.39 bits per heavy atom. The minimum atomic E-state index is -0.439. The monoisotopic (exact) mass is 243 g/mol. The molecule has 2 rings (SSSR count). The van der Waals surface area contributed by atoms with Crippen LogP contribution in [0.2, 0.25) is 0 Å². The lowest BCUT2D eigenvalue weighted by atomic mass is 9.89. The van der Waals surface area contributed by atoms with Gasteiger partial charge in [-0.25, -0.2) is 4.99 Å². The van der Waals surface area contributed by atoms with Crippen LogP contribution < -0.4 is 0 Å². The molecule has 0 saturated heterocycles. The minimum absolute atomic E-state index is 0.0332. The number of benzene rings is 1. The highest BCUT2D eigenvalue weighted by molar-refractivity contribution is 5.84. The fourth-order valence-corrected chi connectivity index (χ4v) is 2.16. The maximum absolute atomic E-state index is 6.18. The molecule has 1 aromatic carbocycles. The van der Waals surface area contributed by atoms with Gasteiger partial charge < -0.3 is 4.74 Å². The van der Waals surface area contributed by atoms with E-state index in [4.69, 9.17) is 4.74 Å². The Morgan fingerprint density at radius 1 is 1.28 bits per heavy atom. The van der Waals surface area contributed by atoms with Gasteiger partial charge in [-0.15, -0.1) is 6.58 Å². The number of ether oxygens (including phenoxy) is 1. The summed E-state index contributed by atoms with van der Waals surface area (Å²) in [4.78, 5) is 4.68. The standard InChI is InChI=1S/C16H21NO/c1-6-13-16(5,12-10-8-7-9-11-12)18-14(17-13)15(2,3)4/h6-11,13H,1H2,2-5H3/t13-,16-/m1/s1. The van der Waals surface area contributed by atoms with Gasteiger partial charge in [-0.3, -0.25) is 0 Å². The molecule has 0 aliphatic carbocycles. The summed E-state index contributed by atoms with van der Waals surface area (Å²) in [7, 11) is 0. The zero-order chi connectivity index (χ0) is 13.4. The molecule has 0 saturated carbocycles. The van der Waals surface area contributed by atoms with Gasteiger partial charge in [0.15, 0.2) is 11.5 Å². The lowest BCUT2D eigenvalue weighted by molar-refractivity contribution is 0.0752. The van der Waals surface area contributed by atoms with Crippen molar-refractivity contribution >= 4 is 5.90 Å². The van der Waals surface area contributed by atoms with Crippen LogP contribution in [0.5, 0.6) is 0 Å². The van der Waals surface area contributed by atoms with E-state index < -0.39 is 5.60 Å². The van der Waals surface area contributed by atoms with E-state index in [1.54, 1.807) is 0 Å². The first-order valence-electron chi connectivity index (χ1n) is 6.33. The highest BCUT2D eigenvalue weighted by Crippen LogP contribution is 2.40. The van der Waals surface area contributed by atoms with Crippen molar-refractivity contribution < 1.29 is 4.74 Å². The van der Waals surface area contributed by atoms with Gasteiger partial charge in [0.2, 0.25) is 0 Å². The van der Waals surface area contributed by atoms with Crippen molar-refractivity contribution in [3.63, 3.8) is 0 Å². The van der Waals surface area contributed by atoms with Crippen molar-refractivity contribution in [2.24, 2.45) is 10.4 Å². The Hall–Kier alpha value is -1.57. The average Bonchev–Trinajstić information content (AvgIpc) is 2.69. The first-order valence-corrected chi connectivity index (χ1v) is 6.33. The third kappa shape index (κ3) is 2.07. The van der Waals surface area contributed by atoms with Crippen LogP contribution in [0.4, 0.5) is 0 Å². The number of nitrogens with zero attached hydrogens (tertiary/aromatic N) is 1. The maximum atomic E-state index is 6.18. The van der Waals surface area contributed by atoms with Crippen LogP contribution in [0, 0.1) is 5.41 Å². The predicted octanol–water partition coefficient (Wildman–Crippen LogP) is 3.93. The van der Waals surface area contributed by atoms with Gasteiger partial charge in [-0.2, -0.15) is 0 Å². The van der Waals surface area contributed by atoms with E-state index in [0.717, 1.165) is 11.5 Å². The Bertz CT molecular complexity index is 470. The van der Waals surface area contributed by atoms with Crippen LogP contribution in [-0.4, -0.2) is 11.9 Å². The number of rotatable bonds is 2. The maximum Gasteiger partial charge on any atom is 0.190 e. The third-order valence-corrected chi connectivity index (χ3v) is 3.34. The van der Waals surface area contributed by atoms with Gasteiger partial charge in [-0.1, -0.05) is 57.2 Å². The summed E-state index contributed by atoms with van der Waals surface area (Å²) >= 11 is 0. The Balaban J connectivity index is 2.40. The van der Waals surface area contributed by atoms with E-state index in [1.807, 2.05) is 24.3 Å². The fraction of sp³-hybridized carbons (Fsp3) is 0.438. The van der Waals surface area contributed by atoms with Crippen LogP contribution in [-0.2, 0) is 10.3 Å². The molecule has 2 nitrogen and oxygen atoms in total. The molecule has 0 N–H and O–H groups in total. The SMILES string of the molecule is C=C[C@H]1N=C(C(C)(C)C)O[C@]1(C)c1ccccc1. The van der Waals surface area contributed by atoms with Crippen molar-refractivity contribution in [2.75, 3.05) is 0 Å². The van der Waals surface area contributed by atoms with Crippen molar-refractivity contribution in [1.29, 1.82) is 0 Å². The lowest BCUT2D eigenvalue weighted by Gasteiger charge is -2.30. The summed E-state index contributed by atoms with van der Waals surface area (Å²) in [6.07, 6.45) is 1.87. The molecule has 0 amide bonds. The highest BCUT2D eigenvalue weighted by Gasteiger charge is 2.45. The number of aliphatic imine (C=N–C) groups is 1. The number of hydrogen-bond donors (Lipinski definition) is 0. The number of hydrogen-bond acceptors (Lipinski definition) is 2. The van der Waals surface area contributed by atoms with Crippen LogP contribution in [0.3, 0.4) is 0 Å². The molecule has 0 aromatic heterocycles. The molecule has 2 atom stereocenters. The van der Waals surface area contributed by atoms with Crippen molar-refractivity contribution in [3.05, 3.63) is 48.6 Å². The van der Waals surface area contributed by atoms with Crippen LogP contribution in [0.1, 0.15) is 33.3 Å². The zero-order valence-electron chi connectivity index (χ0n) is 11.6. The van der Waals surface area contributed by atoms with E-state index in [2.05, 4.69) is 51.4 Å². The normalized spacial score (nSPS) is 27.6. The van der Waals surface area contributed by atoms with E-state index >= 15 is 0 Å². The van der Waals surface area contributed by atoms with Crippen molar-refractivity contribution in [3.8, 4) is 0 Å². The smallest absolute Gasteiger partial charge is 0.190 e. The van der Waals surface area contributed by atoms with Crippen molar-refractivity contribution in [1.82, 2.24) is 0 Å². The second-order valence-corrected chi connectivity index (χ2v) is 5.94. The van der Waals surface area contributed by atoms with Gasteiger partial charge in [0.25, 0.3) is 0 Å². The largest absolute Gasteiger partial charge is 0.467 e. The van der Waals surface area contributed by atoms with Crippen LogP contribution in [0.15, 0.2) is 48.0 Å². The molecule has 1 heterocycles. The molecular weight excluding hydrogens is 222 g/mol. The molecule has 0 unspecified atom stereocenters. The molecule has 0 bridgehead atoms. The molecule has 96 valence electrons. The topological polar surface area (TPSA) is 21.6 Å². The second-order valence-electron chi connectivity index (χ2n) is 5.94. The van der Waals surface area contributed by atoms with Gasteiger partial charge >= 0.3 is 0 Å². The van der Waals surface area contributed by atoms with E-state index in [1.165, 1.54) is 0 Å². The van der Waals surface area contributed by atoms with Crippen LogP contribution >= 0.6 is 0 Å². The lowest BCUT2D eigenvalue weighted by Crippen LogP contribution is -2.34. The molecule has 1 aliphatic heterocycles. The molecule has 0 spiro atoms. The summed E-state index contributed by atoms with van der Waals surface area (Å²) in [5, 5.41) is 0. The minimum Gasteiger partial charge on any atom is -0.467 e. The highest BCUT2D eigenvalue weighted by atomic mass is 16.5. The molecule has 1 aromatic rings. The van der Waals surface area contributed by atoms with Crippen LogP contribution in [0.25, 0.3) is 0 Å². The Labute approximate surface area is 109 Å². The quantitative estimate of drug-likeness (QED) is 0.721. The Kier molecular flexibility index (Phi) is 3.05. The molecule has 0 fully saturated rings. The summed E-state index contributed by atoms with van der Waals surface area (Å²) < 4.78 is 6.18. The average molecular weight is 243 g/mol. The van der Waals surface area contributed by atoms with E-state index in [9.17, 15) is 0 Å². The van der Waals surface area contributed by atoms with Gasteiger partial charge in [0.1, 0.15) is 6.04 Å². The first-order chi connectivity index (χ1) is 8.38. The molecule has 2 heteroatoms. The predicted molar refractivity (Wildman–Crippen MR) is 75.8 cm³/mol. The fourth-order valence-electron chi connectivity index (χ4n) is 2.16. The molecule has 18 heavy (non-hydrogen) atoms.